The summed E-state index contributed by atoms with van der Waals surface area (Å²) >= 11 is 0. The molecule has 0 heterocycles. The third kappa shape index (κ3) is 5.14. The molecule has 0 aromatic heterocycles. The van der Waals surface area contributed by atoms with Gasteiger partial charge in [-0.1, -0.05) is 12.1 Å². The fourth-order valence-electron chi connectivity index (χ4n) is 1.16. The Morgan fingerprint density at radius 2 is 2.12 bits per heavy atom. The van der Waals surface area contributed by atoms with Gasteiger partial charge in [0.05, 0.1) is 6.61 Å². The Balaban J connectivity index is 2.50. The van der Waals surface area contributed by atoms with E-state index in [0.29, 0.717) is 13.2 Å². The van der Waals surface area contributed by atoms with Crippen LogP contribution in [0.4, 0.5) is 0 Å². The molecule has 0 aliphatic rings. The zero-order valence-electron chi connectivity index (χ0n) is 9.43. The van der Waals surface area contributed by atoms with Crippen LogP contribution in [0.1, 0.15) is 12.0 Å². The SMILES string of the molecule is NCCCOc1ccc(/C=C/C(=O)NO)cc1. The lowest BCUT2D eigenvalue weighted by Crippen LogP contribution is -2.14. The molecule has 5 heteroatoms. The first-order valence-electron chi connectivity index (χ1n) is 5.31. The second-order valence-corrected chi connectivity index (χ2v) is 3.37. The largest absolute Gasteiger partial charge is 0.494 e. The Bertz CT molecular complexity index is 374. The van der Waals surface area contributed by atoms with Crippen molar-refractivity contribution >= 4 is 12.0 Å². The third-order valence-electron chi connectivity index (χ3n) is 2.03. The van der Waals surface area contributed by atoms with Gasteiger partial charge in [-0.25, -0.2) is 5.48 Å². The van der Waals surface area contributed by atoms with Crippen molar-refractivity contribution < 1.29 is 14.7 Å². The number of rotatable bonds is 6. The number of hydrogen-bond donors (Lipinski definition) is 3. The summed E-state index contributed by atoms with van der Waals surface area (Å²) in [7, 11) is 0. The number of nitrogens with two attached hydrogens (primary N) is 1. The summed E-state index contributed by atoms with van der Waals surface area (Å²) in [5.74, 6) is 0.204. The summed E-state index contributed by atoms with van der Waals surface area (Å²) in [5.41, 5.74) is 7.72. The maximum absolute atomic E-state index is 10.7. The van der Waals surface area contributed by atoms with Crippen LogP contribution in [0, 0.1) is 0 Å². The van der Waals surface area contributed by atoms with Gasteiger partial charge in [0.15, 0.2) is 0 Å². The monoisotopic (exact) mass is 236 g/mol. The predicted molar refractivity (Wildman–Crippen MR) is 64.6 cm³/mol. The second kappa shape index (κ2) is 7.43. The van der Waals surface area contributed by atoms with Crippen molar-refractivity contribution in [3.05, 3.63) is 35.9 Å². The zero-order chi connectivity index (χ0) is 12.5. The molecule has 0 saturated heterocycles. The molecule has 1 aromatic rings. The Hall–Kier alpha value is -1.85. The molecule has 0 unspecified atom stereocenters. The molecule has 0 spiro atoms. The number of ether oxygens (including phenoxy) is 1. The van der Waals surface area contributed by atoms with E-state index in [1.165, 1.54) is 11.6 Å². The van der Waals surface area contributed by atoms with Crippen LogP contribution in [0.2, 0.25) is 0 Å². The number of benzene rings is 1. The Morgan fingerprint density at radius 3 is 2.71 bits per heavy atom. The summed E-state index contributed by atoms with van der Waals surface area (Å²) in [6.45, 7) is 1.20. The van der Waals surface area contributed by atoms with E-state index < -0.39 is 5.91 Å². The minimum Gasteiger partial charge on any atom is -0.494 e. The molecule has 0 aliphatic heterocycles. The van der Waals surface area contributed by atoms with Crippen molar-refractivity contribution in [3.8, 4) is 5.75 Å². The molecule has 1 amide bonds. The van der Waals surface area contributed by atoms with Crippen LogP contribution >= 0.6 is 0 Å². The molecule has 0 fully saturated rings. The highest BCUT2D eigenvalue weighted by Crippen LogP contribution is 2.13. The summed E-state index contributed by atoms with van der Waals surface area (Å²) < 4.78 is 5.42. The van der Waals surface area contributed by atoms with Crippen molar-refractivity contribution in [2.75, 3.05) is 13.2 Å². The second-order valence-electron chi connectivity index (χ2n) is 3.37. The van der Waals surface area contributed by atoms with E-state index >= 15 is 0 Å². The van der Waals surface area contributed by atoms with Crippen molar-refractivity contribution in [1.82, 2.24) is 5.48 Å². The van der Waals surface area contributed by atoms with Crippen LogP contribution in [0.15, 0.2) is 30.3 Å². The summed E-state index contributed by atoms with van der Waals surface area (Å²) in [6, 6.07) is 7.26. The van der Waals surface area contributed by atoms with E-state index in [4.69, 9.17) is 15.7 Å². The number of hydrogen-bond acceptors (Lipinski definition) is 4. The predicted octanol–water partition coefficient (Wildman–Crippen LogP) is 0.933. The van der Waals surface area contributed by atoms with Crippen LogP contribution in [0.25, 0.3) is 6.08 Å². The van der Waals surface area contributed by atoms with Gasteiger partial charge in [-0.3, -0.25) is 10.0 Å². The topological polar surface area (TPSA) is 84.6 Å². The standard InChI is InChI=1S/C12H16N2O3/c13-8-1-9-17-11-5-2-10(3-6-11)4-7-12(15)14-16/h2-7,16H,1,8-9,13H2,(H,14,15)/b7-4+. The van der Waals surface area contributed by atoms with Crippen LogP contribution in [-0.2, 0) is 4.79 Å². The average Bonchev–Trinajstić information content (AvgIpc) is 2.37. The Morgan fingerprint density at radius 1 is 1.41 bits per heavy atom. The van der Waals surface area contributed by atoms with Gasteiger partial charge in [0.1, 0.15) is 5.75 Å². The fourth-order valence-corrected chi connectivity index (χ4v) is 1.16. The quantitative estimate of drug-likeness (QED) is 0.297. The van der Waals surface area contributed by atoms with Gasteiger partial charge in [-0.2, -0.15) is 0 Å². The van der Waals surface area contributed by atoms with E-state index in [1.807, 2.05) is 24.3 Å². The molecule has 92 valence electrons. The van der Waals surface area contributed by atoms with E-state index in [9.17, 15) is 4.79 Å². The van der Waals surface area contributed by atoms with Crippen molar-refractivity contribution in [2.24, 2.45) is 5.73 Å². The average molecular weight is 236 g/mol. The van der Waals surface area contributed by atoms with Gasteiger partial charge in [-0.05, 0) is 36.7 Å². The first-order valence-corrected chi connectivity index (χ1v) is 5.31. The highest BCUT2D eigenvalue weighted by molar-refractivity contribution is 5.90. The molecule has 5 nitrogen and oxygen atoms in total. The lowest BCUT2D eigenvalue weighted by Gasteiger charge is -2.04. The fraction of sp³-hybridized carbons (Fsp3) is 0.250. The molecule has 0 atom stereocenters. The highest BCUT2D eigenvalue weighted by atomic mass is 16.5. The van der Waals surface area contributed by atoms with E-state index in [-0.39, 0.29) is 0 Å². The van der Waals surface area contributed by atoms with Gasteiger partial charge in [0.25, 0.3) is 5.91 Å². The molecule has 0 saturated carbocycles. The lowest BCUT2D eigenvalue weighted by molar-refractivity contribution is -0.124. The van der Waals surface area contributed by atoms with Gasteiger partial charge in [0.2, 0.25) is 0 Å². The highest BCUT2D eigenvalue weighted by Gasteiger charge is 1.94. The normalized spacial score (nSPS) is 10.5. The van der Waals surface area contributed by atoms with Crippen molar-refractivity contribution in [3.63, 3.8) is 0 Å². The van der Waals surface area contributed by atoms with Crippen molar-refractivity contribution in [2.45, 2.75) is 6.42 Å². The maximum atomic E-state index is 10.7. The number of amides is 1. The van der Waals surface area contributed by atoms with Crippen LogP contribution in [0.5, 0.6) is 5.75 Å². The smallest absolute Gasteiger partial charge is 0.267 e. The van der Waals surface area contributed by atoms with Crippen LogP contribution in [-0.4, -0.2) is 24.3 Å². The minimum absolute atomic E-state index is 0.562. The van der Waals surface area contributed by atoms with E-state index in [1.54, 1.807) is 6.08 Å². The minimum atomic E-state index is -0.562. The molecule has 17 heavy (non-hydrogen) atoms. The molecule has 0 bridgehead atoms. The Kier molecular flexibility index (Phi) is 5.77. The number of nitrogens with one attached hydrogen (secondary N) is 1. The summed E-state index contributed by atoms with van der Waals surface area (Å²) in [4.78, 5) is 10.7. The number of carbonyl (C=O) groups excluding carboxylic acids is 1. The molecular formula is C12H16N2O3. The molecule has 1 aromatic carbocycles. The van der Waals surface area contributed by atoms with E-state index in [0.717, 1.165) is 17.7 Å². The van der Waals surface area contributed by atoms with Crippen LogP contribution in [0.3, 0.4) is 0 Å². The zero-order valence-corrected chi connectivity index (χ0v) is 9.43. The summed E-state index contributed by atoms with van der Waals surface area (Å²) in [5, 5.41) is 8.30. The molecule has 4 N–H and O–H groups in total. The number of carbonyl (C=O) groups is 1. The van der Waals surface area contributed by atoms with Gasteiger partial charge in [-0.15, -0.1) is 0 Å². The molecule has 1 rings (SSSR count). The van der Waals surface area contributed by atoms with E-state index in [2.05, 4.69) is 0 Å². The van der Waals surface area contributed by atoms with Gasteiger partial charge >= 0.3 is 0 Å². The van der Waals surface area contributed by atoms with Gasteiger partial charge < -0.3 is 10.5 Å². The molecule has 0 aliphatic carbocycles. The lowest BCUT2D eigenvalue weighted by atomic mass is 10.2. The first kappa shape index (κ1) is 13.2. The van der Waals surface area contributed by atoms with Crippen LogP contribution < -0.4 is 16.0 Å². The maximum Gasteiger partial charge on any atom is 0.267 e. The molecule has 0 radical (unpaired) electrons. The molecular weight excluding hydrogens is 220 g/mol. The number of hydroxylamine groups is 1. The third-order valence-corrected chi connectivity index (χ3v) is 2.03. The van der Waals surface area contributed by atoms with Gasteiger partial charge in [0, 0.05) is 6.08 Å². The first-order chi connectivity index (χ1) is 8.26. The summed E-state index contributed by atoms with van der Waals surface area (Å²) in [6.07, 6.45) is 3.65. The Labute approximate surface area is 99.8 Å². The van der Waals surface area contributed by atoms with Crippen molar-refractivity contribution in [1.29, 1.82) is 0 Å².